The number of ketones is 2. The summed E-state index contributed by atoms with van der Waals surface area (Å²) in [7, 11) is 1.57. The lowest BCUT2D eigenvalue weighted by Crippen LogP contribution is -2.46. The standard InChI is InChI=1S/C23H18ClNO3/c1-14-7-10-16(13-20(14)24)25-23(15-8-11-17(28-2)12-9-15)21(26)18-5-3-4-6-19(18)22(23)27/h3-13,25H,1-2H3. The Hall–Kier alpha value is -3.11. The second-order valence-corrected chi connectivity index (χ2v) is 7.18. The Morgan fingerprint density at radius 2 is 1.50 bits per heavy atom. The number of fused-ring (bicyclic) bond motifs is 1. The van der Waals surface area contributed by atoms with E-state index in [0.717, 1.165) is 5.56 Å². The summed E-state index contributed by atoms with van der Waals surface area (Å²) in [5.41, 5.74) is 1.34. The molecule has 0 atom stereocenters. The number of aryl methyl sites for hydroxylation is 1. The lowest BCUT2D eigenvalue weighted by atomic mass is 9.84. The fourth-order valence-electron chi connectivity index (χ4n) is 3.56. The van der Waals surface area contributed by atoms with E-state index in [0.29, 0.717) is 33.1 Å². The maximum atomic E-state index is 13.5. The van der Waals surface area contributed by atoms with Gasteiger partial charge in [-0.1, -0.05) is 54.1 Å². The predicted octanol–water partition coefficient (Wildman–Crippen LogP) is 5.04. The number of carbonyl (C=O) groups is 2. The zero-order valence-electron chi connectivity index (χ0n) is 15.5. The maximum Gasteiger partial charge on any atom is 0.201 e. The topological polar surface area (TPSA) is 55.4 Å². The van der Waals surface area contributed by atoms with Crippen molar-refractivity contribution in [3.05, 3.63) is 94.0 Å². The van der Waals surface area contributed by atoms with Gasteiger partial charge in [0, 0.05) is 21.8 Å². The summed E-state index contributed by atoms with van der Waals surface area (Å²) in [6.07, 6.45) is 0. The fourth-order valence-corrected chi connectivity index (χ4v) is 3.74. The summed E-state index contributed by atoms with van der Waals surface area (Å²) in [6.45, 7) is 1.90. The molecular formula is C23H18ClNO3. The van der Waals surface area contributed by atoms with Crippen LogP contribution in [0.1, 0.15) is 31.8 Å². The smallest absolute Gasteiger partial charge is 0.201 e. The molecule has 0 aromatic heterocycles. The van der Waals surface area contributed by atoms with Gasteiger partial charge in [-0.05, 0) is 42.3 Å². The number of methoxy groups -OCH3 is 1. The van der Waals surface area contributed by atoms with E-state index in [1.54, 1.807) is 61.7 Å². The molecule has 0 fully saturated rings. The van der Waals surface area contributed by atoms with Crippen molar-refractivity contribution in [2.75, 3.05) is 12.4 Å². The molecule has 1 N–H and O–H groups in total. The summed E-state index contributed by atoms with van der Waals surface area (Å²) in [5, 5.41) is 3.76. The lowest BCUT2D eigenvalue weighted by molar-refractivity contribution is 0.0818. The molecule has 140 valence electrons. The van der Waals surface area contributed by atoms with Gasteiger partial charge in [0.2, 0.25) is 11.6 Å². The molecule has 1 aliphatic rings. The molecule has 4 nitrogen and oxygen atoms in total. The number of hydrogen-bond donors (Lipinski definition) is 1. The van der Waals surface area contributed by atoms with Crippen molar-refractivity contribution in [2.45, 2.75) is 12.5 Å². The first-order valence-corrected chi connectivity index (χ1v) is 9.22. The normalized spacial score (nSPS) is 14.7. The number of anilines is 1. The van der Waals surface area contributed by atoms with E-state index in [1.807, 2.05) is 19.1 Å². The van der Waals surface area contributed by atoms with Gasteiger partial charge in [0.1, 0.15) is 5.75 Å². The zero-order valence-corrected chi connectivity index (χ0v) is 16.2. The molecule has 0 bridgehead atoms. The summed E-state index contributed by atoms with van der Waals surface area (Å²) in [6, 6.07) is 19.2. The van der Waals surface area contributed by atoms with Gasteiger partial charge in [-0.2, -0.15) is 0 Å². The molecule has 0 heterocycles. The van der Waals surface area contributed by atoms with E-state index in [4.69, 9.17) is 16.3 Å². The second-order valence-electron chi connectivity index (χ2n) is 6.77. The Kier molecular flexibility index (Phi) is 4.44. The number of nitrogens with one attached hydrogen (secondary N) is 1. The molecule has 0 unspecified atom stereocenters. The number of halogens is 1. The van der Waals surface area contributed by atoms with Crippen LogP contribution < -0.4 is 10.1 Å². The molecule has 1 aliphatic carbocycles. The van der Waals surface area contributed by atoms with Crippen molar-refractivity contribution < 1.29 is 14.3 Å². The molecule has 0 spiro atoms. The van der Waals surface area contributed by atoms with Crippen LogP contribution in [0.25, 0.3) is 0 Å². The summed E-state index contributed by atoms with van der Waals surface area (Å²) in [4.78, 5) is 27.0. The first kappa shape index (κ1) is 18.3. The third-order valence-corrected chi connectivity index (χ3v) is 5.53. The van der Waals surface area contributed by atoms with Crippen molar-refractivity contribution in [1.82, 2.24) is 0 Å². The first-order valence-electron chi connectivity index (χ1n) is 8.85. The molecule has 5 heteroatoms. The van der Waals surface area contributed by atoms with Gasteiger partial charge in [0.15, 0.2) is 5.54 Å². The molecule has 0 saturated heterocycles. The van der Waals surface area contributed by atoms with E-state index in [2.05, 4.69) is 5.32 Å². The highest BCUT2D eigenvalue weighted by atomic mass is 35.5. The Bertz CT molecular complexity index is 1050. The number of rotatable bonds is 4. The van der Waals surface area contributed by atoms with Crippen LogP contribution in [0.2, 0.25) is 5.02 Å². The molecule has 0 saturated carbocycles. The van der Waals surface area contributed by atoms with E-state index in [-0.39, 0.29) is 11.6 Å². The molecule has 28 heavy (non-hydrogen) atoms. The van der Waals surface area contributed by atoms with Crippen LogP contribution >= 0.6 is 11.6 Å². The van der Waals surface area contributed by atoms with Crippen LogP contribution in [0.4, 0.5) is 5.69 Å². The molecule has 3 aromatic carbocycles. The van der Waals surface area contributed by atoms with Gasteiger partial charge < -0.3 is 10.1 Å². The minimum absolute atomic E-state index is 0.282. The van der Waals surface area contributed by atoms with E-state index in [9.17, 15) is 9.59 Å². The quantitative estimate of drug-likeness (QED) is 0.633. The Morgan fingerprint density at radius 1 is 0.893 bits per heavy atom. The van der Waals surface area contributed by atoms with E-state index >= 15 is 0 Å². The number of hydrogen-bond acceptors (Lipinski definition) is 4. The minimum atomic E-state index is -1.55. The first-order chi connectivity index (χ1) is 13.5. The SMILES string of the molecule is COc1ccc(C2(Nc3ccc(C)c(Cl)c3)C(=O)c3ccccc3C2=O)cc1. The number of Topliss-reactive ketones (excluding diaryl/α,β-unsaturated/α-hetero) is 2. The molecule has 0 amide bonds. The summed E-state index contributed by atoms with van der Waals surface area (Å²) in [5.74, 6) is 0.0811. The fraction of sp³-hybridized carbons (Fsp3) is 0.130. The monoisotopic (exact) mass is 391 g/mol. The van der Waals surface area contributed by atoms with E-state index < -0.39 is 5.54 Å². The molecule has 0 radical (unpaired) electrons. The highest BCUT2D eigenvalue weighted by Crippen LogP contribution is 2.41. The highest BCUT2D eigenvalue weighted by molar-refractivity contribution is 6.34. The van der Waals surface area contributed by atoms with Gasteiger partial charge in [-0.25, -0.2) is 0 Å². The average molecular weight is 392 g/mol. The van der Waals surface area contributed by atoms with Crippen molar-refractivity contribution in [2.24, 2.45) is 0 Å². The van der Waals surface area contributed by atoms with Crippen LogP contribution in [0, 0.1) is 6.92 Å². The third-order valence-electron chi connectivity index (χ3n) is 5.12. The van der Waals surface area contributed by atoms with Crippen LogP contribution in [0.5, 0.6) is 5.75 Å². The molecular weight excluding hydrogens is 374 g/mol. The molecule has 0 aliphatic heterocycles. The van der Waals surface area contributed by atoms with Crippen LogP contribution in [0.15, 0.2) is 66.7 Å². The van der Waals surface area contributed by atoms with Gasteiger partial charge >= 0.3 is 0 Å². The van der Waals surface area contributed by atoms with Crippen molar-refractivity contribution >= 4 is 28.9 Å². The van der Waals surface area contributed by atoms with Gasteiger partial charge in [0.25, 0.3) is 0 Å². The van der Waals surface area contributed by atoms with E-state index in [1.165, 1.54) is 0 Å². The zero-order chi connectivity index (χ0) is 19.9. The van der Waals surface area contributed by atoms with Crippen molar-refractivity contribution in [1.29, 1.82) is 0 Å². The average Bonchev–Trinajstić information content (AvgIpc) is 2.94. The molecule has 3 aromatic rings. The van der Waals surface area contributed by atoms with Crippen LogP contribution in [0.3, 0.4) is 0 Å². The maximum absolute atomic E-state index is 13.5. The number of ether oxygens (including phenoxy) is 1. The van der Waals surface area contributed by atoms with Crippen LogP contribution in [-0.4, -0.2) is 18.7 Å². The van der Waals surface area contributed by atoms with Crippen LogP contribution in [-0.2, 0) is 5.54 Å². The summed E-state index contributed by atoms with van der Waals surface area (Å²) >= 11 is 6.27. The highest BCUT2D eigenvalue weighted by Gasteiger charge is 2.54. The summed E-state index contributed by atoms with van der Waals surface area (Å²) < 4.78 is 5.22. The van der Waals surface area contributed by atoms with Gasteiger partial charge in [-0.3, -0.25) is 9.59 Å². The van der Waals surface area contributed by atoms with Crippen molar-refractivity contribution in [3.8, 4) is 5.75 Å². The lowest BCUT2D eigenvalue weighted by Gasteiger charge is -2.29. The predicted molar refractivity (Wildman–Crippen MR) is 110 cm³/mol. The van der Waals surface area contributed by atoms with Gasteiger partial charge in [0.05, 0.1) is 7.11 Å². The third kappa shape index (κ3) is 2.69. The number of benzene rings is 3. The second kappa shape index (κ2) is 6.80. The van der Waals surface area contributed by atoms with Crippen molar-refractivity contribution in [3.63, 3.8) is 0 Å². The molecule has 4 rings (SSSR count). The van der Waals surface area contributed by atoms with Gasteiger partial charge in [-0.15, -0.1) is 0 Å². The largest absolute Gasteiger partial charge is 0.497 e. The number of carbonyl (C=O) groups excluding carboxylic acids is 2. The Balaban J connectivity index is 1.90. The minimum Gasteiger partial charge on any atom is -0.497 e. The Morgan fingerprint density at radius 3 is 2.04 bits per heavy atom. The Labute approximate surface area is 168 Å².